The van der Waals surface area contributed by atoms with Crippen LogP contribution in [0.3, 0.4) is 0 Å². The Kier molecular flexibility index (Phi) is 9.45. The van der Waals surface area contributed by atoms with Gasteiger partial charge in [0, 0.05) is 57.3 Å². The van der Waals surface area contributed by atoms with Crippen LogP contribution in [0, 0.1) is 12.8 Å². The molecule has 10 nitrogen and oxygen atoms in total. The van der Waals surface area contributed by atoms with Crippen molar-refractivity contribution >= 4 is 18.0 Å². The first-order chi connectivity index (χ1) is 20.3. The molecular formula is C32H46N8O2. The number of hydrogen-bond donors (Lipinski definition) is 3. The molecule has 10 heteroatoms. The van der Waals surface area contributed by atoms with Gasteiger partial charge in [-0.05, 0) is 51.4 Å². The van der Waals surface area contributed by atoms with E-state index in [9.17, 15) is 5.11 Å². The molecule has 3 N–H and O–H groups in total. The molecule has 2 aromatic rings. The summed E-state index contributed by atoms with van der Waals surface area (Å²) in [6.07, 6.45) is 10.5. The van der Waals surface area contributed by atoms with Gasteiger partial charge in [-0.2, -0.15) is 5.10 Å². The molecule has 226 valence electrons. The standard InChI is InChI=1S/C32H46N8O2/c1-23-29(32(3)14-15-33-31(34-22-32)39-20-28(41)21-39)37-40(27-12-7-6-8-13-27)30(23)36-24(2)35-26(18-25-10-9-11-25)19-38(4)16-17-42-5/h6-8,12-15,22,25-26,28,35-36,41H,2,9-11,16-21H2,1,3-5H3/t26-,32?/m0/s1. The number of aliphatic imine (C=N–C) groups is 2. The first-order valence-electron chi connectivity index (χ1n) is 15.0. The van der Waals surface area contributed by atoms with Crippen molar-refractivity contribution < 1.29 is 9.84 Å². The minimum Gasteiger partial charge on any atom is -0.389 e. The highest BCUT2D eigenvalue weighted by Crippen LogP contribution is 2.34. The number of aliphatic hydroxyl groups is 1. The zero-order chi connectivity index (χ0) is 29.7. The minimum atomic E-state index is -0.582. The van der Waals surface area contributed by atoms with Crippen molar-refractivity contribution in [2.45, 2.75) is 57.1 Å². The first-order valence-corrected chi connectivity index (χ1v) is 15.0. The molecule has 1 unspecified atom stereocenters. The van der Waals surface area contributed by atoms with Crippen LogP contribution in [0.2, 0.25) is 0 Å². The molecule has 1 saturated heterocycles. The van der Waals surface area contributed by atoms with Gasteiger partial charge in [-0.1, -0.05) is 44.0 Å². The number of likely N-dealkylation sites (tertiary alicyclic amines) is 1. The van der Waals surface area contributed by atoms with Gasteiger partial charge < -0.3 is 30.3 Å². The number of nitrogens with zero attached hydrogens (tertiary/aromatic N) is 6. The Balaban J connectivity index is 1.38. The summed E-state index contributed by atoms with van der Waals surface area (Å²) in [4.78, 5) is 13.6. The minimum absolute atomic E-state index is 0.273. The van der Waals surface area contributed by atoms with Crippen molar-refractivity contribution in [3.8, 4) is 5.69 Å². The van der Waals surface area contributed by atoms with Crippen LogP contribution in [-0.4, -0.2) is 96.0 Å². The van der Waals surface area contributed by atoms with Crippen LogP contribution in [0.1, 0.15) is 43.9 Å². The van der Waals surface area contributed by atoms with Crippen LogP contribution in [0.4, 0.5) is 5.82 Å². The van der Waals surface area contributed by atoms with E-state index in [1.54, 1.807) is 13.3 Å². The number of allylic oxidation sites excluding steroid dienone is 1. The lowest BCUT2D eigenvalue weighted by molar-refractivity contribution is 0.0460. The molecule has 0 radical (unpaired) electrons. The van der Waals surface area contributed by atoms with Gasteiger partial charge in [0.15, 0.2) is 0 Å². The van der Waals surface area contributed by atoms with Crippen molar-refractivity contribution in [3.05, 3.63) is 66.3 Å². The largest absolute Gasteiger partial charge is 0.389 e. The number of β-amino-alcohol motifs (C(OH)–C–C–N with tert-alkyl or cyclic N) is 1. The molecule has 2 fully saturated rings. The Morgan fingerprint density at radius 2 is 2.02 bits per heavy atom. The molecule has 3 heterocycles. The third-order valence-electron chi connectivity index (χ3n) is 8.54. The molecule has 3 aliphatic rings. The molecule has 0 bridgehead atoms. The van der Waals surface area contributed by atoms with Gasteiger partial charge in [-0.25, -0.2) is 14.7 Å². The predicted molar refractivity (Wildman–Crippen MR) is 169 cm³/mol. The van der Waals surface area contributed by atoms with Crippen LogP contribution in [0.25, 0.3) is 5.69 Å². The predicted octanol–water partition coefficient (Wildman–Crippen LogP) is 3.68. The molecule has 1 aromatic carbocycles. The third-order valence-corrected chi connectivity index (χ3v) is 8.54. The summed E-state index contributed by atoms with van der Waals surface area (Å²) < 4.78 is 7.25. The summed E-state index contributed by atoms with van der Waals surface area (Å²) >= 11 is 0. The molecule has 0 amide bonds. The van der Waals surface area contributed by atoms with Gasteiger partial charge in [0.25, 0.3) is 0 Å². The number of aromatic nitrogens is 2. The lowest BCUT2D eigenvalue weighted by atomic mass is 9.81. The van der Waals surface area contributed by atoms with E-state index < -0.39 is 5.41 Å². The monoisotopic (exact) mass is 574 g/mol. The van der Waals surface area contributed by atoms with Crippen LogP contribution >= 0.6 is 0 Å². The fourth-order valence-electron chi connectivity index (χ4n) is 5.81. The van der Waals surface area contributed by atoms with E-state index in [2.05, 4.69) is 60.1 Å². The van der Waals surface area contributed by atoms with Crippen LogP contribution in [0.15, 0.2) is 65.0 Å². The maximum atomic E-state index is 9.73. The molecule has 2 atom stereocenters. The van der Waals surface area contributed by atoms with Crippen molar-refractivity contribution in [1.29, 1.82) is 0 Å². The Bertz CT molecular complexity index is 1310. The quantitative estimate of drug-likeness (QED) is 0.336. The average Bonchev–Trinajstić information content (AvgIpc) is 3.12. The van der Waals surface area contributed by atoms with E-state index in [4.69, 9.17) is 14.8 Å². The third kappa shape index (κ3) is 6.94. The number of methoxy groups -OCH3 is 1. The summed E-state index contributed by atoms with van der Waals surface area (Å²) in [5.41, 5.74) is 2.26. The van der Waals surface area contributed by atoms with Gasteiger partial charge in [0.1, 0.15) is 5.82 Å². The fourth-order valence-corrected chi connectivity index (χ4v) is 5.81. The average molecular weight is 575 g/mol. The summed E-state index contributed by atoms with van der Waals surface area (Å²) in [5, 5.41) is 22.2. The molecule has 5 rings (SSSR count). The second kappa shape index (κ2) is 13.2. The number of nitrogens with one attached hydrogen (secondary N) is 2. The number of para-hydroxylation sites is 1. The number of anilines is 1. The Hall–Kier alpha value is -3.47. The molecule has 1 saturated carbocycles. The van der Waals surface area contributed by atoms with E-state index in [1.807, 2.05) is 40.1 Å². The number of rotatable bonds is 13. The normalized spacial score (nSPS) is 21.5. The van der Waals surface area contributed by atoms with E-state index in [0.717, 1.165) is 54.0 Å². The highest BCUT2D eigenvalue weighted by molar-refractivity contribution is 5.93. The molecule has 0 spiro atoms. The summed E-state index contributed by atoms with van der Waals surface area (Å²) in [6.45, 7) is 12.2. The number of likely N-dealkylation sites (N-methyl/N-ethyl adjacent to an activating group) is 1. The van der Waals surface area contributed by atoms with E-state index in [0.29, 0.717) is 25.7 Å². The maximum Gasteiger partial charge on any atom is 0.225 e. The molecule has 1 aromatic heterocycles. The molecule has 2 aliphatic heterocycles. The number of benzene rings is 1. The van der Waals surface area contributed by atoms with E-state index in [1.165, 1.54) is 19.3 Å². The molecule has 1 aliphatic carbocycles. The number of aliphatic hydroxyl groups excluding tert-OH is 1. The lowest BCUT2D eigenvalue weighted by Gasteiger charge is -2.36. The number of ether oxygens (including phenoxy) is 1. The van der Waals surface area contributed by atoms with Crippen molar-refractivity contribution in [1.82, 2.24) is 24.9 Å². The number of hydrogen-bond acceptors (Lipinski definition) is 9. The highest BCUT2D eigenvalue weighted by Gasteiger charge is 2.33. The molecular weight excluding hydrogens is 528 g/mol. The van der Waals surface area contributed by atoms with E-state index in [-0.39, 0.29) is 12.1 Å². The van der Waals surface area contributed by atoms with E-state index >= 15 is 0 Å². The fraction of sp³-hybridized carbons (Fsp3) is 0.531. The highest BCUT2D eigenvalue weighted by atomic mass is 16.5. The first kappa shape index (κ1) is 30.0. The Labute approximate surface area is 249 Å². The Morgan fingerprint density at radius 1 is 1.26 bits per heavy atom. The Morgan fingerprint density at radius 3 is 2.69 bits per heavy atom. The summed E-state index contributed by atoms with van der Waals surface area (Å²) in [7, 11) is 3.89. The summed E-state index contributed by atoms with van der Waals surface area (Å²) in [6, 6.07) is 10.4. The topological polar surface area (TPSA) is 103 Å². The summed E-state index contributed by atoms with van der Waals surface area (Å²) in [5.74, 6) is 3.00. The van der Waals surface area contributed by atoms with Crippen LogP contribution < -0.4 is 10.6 Å². The zero-order valence-corrected chi connectivity index (χ0v) is 25.5. The van der Waals surface area contributed by atoms with Crippen molar-refractivity contribution in [2.24, 2.45) is 15.9 Å². The van der Waals surface area contributed by atoms with Crippen molar-refractivity contribution in [3.63, 3.8) is 0 Å². The van der Waals surface area contributed by atoms with Gasteiger partial charge >= 0.3 is 0 Å². The molecule has 42 heavy (non-hydrogen) atoms. The van der Waals surface area contributed by atoms with Crippen molar-refractivity contribution in [2.75, 3.05) is 52.3 Å². The van der Waals surface area contributed by atoms with Gasteiger partial charge in [-0.3, -0.25) is 0 Å². The van der Waals surface area contributed by atoms with Crippen LogP contribution in [-0.2, 0) is 10.2 Å². The number of guanidine groups is 1. The van der Waals surface area contributed by atoms with Gasteiger partial charge in [-0.15, -0.1) is 0 Å². The van der Waals surface area contributed by atoms with Gasteiger partial charge in [0.05, 0.1) is 35.3 Å². The van der Waals surface area contributed by atoms with Gasteiger partial charge in [0.2, 0.25) is 5.96 Å². The lowest BCUT2D eigenvalue weighted by Crippen LogP contribution is -2.53. The SMILES string of the molecule is C=C(Nc1c(C)c(C2(C)C=CN=C(N3CC(O)C3)N=C2)nn1-c1ccccc1)N[C@@H](CC1CCC1)CN(C)CCOC. The maximum absolute atomic E-state index is 9.73. The smallest absolute Gasteiger partial charge is 0.225 e. The zero-order valence-electron chi connectivity index (χ0n) is 25.5. The second-order valence-corrected chi connectivity index (χ2v) is 12.1. The second-order valence-electron chi connectivity index (χ2n) is 12.1. The van der Waals surface area contributed by atoms with Crippen LogP contribution in [0.5, 0.6) is 0 Å².